The molecule has 1 fully saturated rings. The van der Waals surface area contributed by atoms with E-state index in [0.717, 1.165) is 47.5 Å². The number of nitrogens with one attached hydrogen (secondary N) is 1. The molecule has 0 bridgehead atoms. The summed E-state index contributed by atoms with van der Waals surface area (Å²) in [6.07, 6.45) is 5.01. The number of amides is 1. The van der Waals surface area contributed by atoms with E-state index in [-0.39, 0.29) is 11.9 Å². The highest BCUT2D eigenvalue weighted by atomic mass is 32.1. The van der Waals surface area contributed by atoms with Gasteiger partial charge in [0.15, 0.2) is 0 Å². The lowest BCUT2D eigenvalue weighted by Crippen LogP contribution is -2.44. The summed E-state index contributed by atoms with van der Waals surface area (Å²) in [4.78, 5) is 23.0. The molecule has 21 heavy (non-hydrogen) atoms. The second-order valence-corrected chi connectivity index (χ2v) is 6.45. The van der Waals surface area contributed by atoms with Crippen molar-refractivity contribution in [3.8, 4) is 0 Å². The van der Waals surface area contributed by atoms with E-state index in [0.29, 0.717) is 0 Å². The second kappa shape index (κ2) is 5.97. The average Bonchev–Trinajstić information content (AvgIpc) is 2.90. The lowest BCUT2D eigenvalue weighted by molar-refractivity contribution is -0.132. The van der Waals surface area contributed by atoms with Crippen LogP contribution in [0.15, 0.2) is 11.7 Å². The largest absolute Gasteiger partial charge is 0.357 e. The summed E-state index contributed by atoms with van der Waals surface area (Å²) in [5, 5.41) is 5.33. The molecular weight excluding hydrogens is 284 g/mol. The molecule has 112 valence electrons. The number of piperidine rings is 1. The van der Waals surface area contributed by atoms with E-state index in [1.54, 1.807) is 17.7 Å². The number of hydrogen-bond acceptors (Lipinski definition) is 5. The lowest BCUT2D eigenvalue weighted by atomic mass is 10.1. The summed E-state index contributed by atoms with van der Waals surface area (Å²) in [6.45, 7) is 5.70. The molecule has 1 aliphatic rings. The van der Waals surface area contributed by atoms with Gasteiger partial charge in [-0.3, -0.25) is 4.79 Å². The second-order valence-electron chi connectivity index (χ2n) is 5.57. The molecule has 0 aromatic carbocycles. The Morgan fingerprint density at radius 2 is 2.10 bits per heavy atom. The Morgan fingerprint density at radius 3 is 2.86 bits per heavy atom. The van der Waals surface area contributed by atoms with Gasteiger partial charge in [-0.1, -0.05) is 0 Å². The molecule has 0 spiro atoms. The molecule has 3 heterocycles. The van der Waals surface area contributed by atoms with Crippen LogP contribution in [0, 0.1) is 6.92 Å². The van der Waals surface area contributed by atoms with Gasteiger partial charge in [-0.05, 0) is 44.1 Å². The van der Waals surface area contributed by atoms with E-state index in [2.05, 4.69) is 20.7 Å². The summed E-state index contributed by atoms with van der Waals surface area (Å²) < 4.78 is 1.02. The molecule has 0 saturated carbocycles. The molecule has 1 saturated heterocycles. The molecule has 0 radical (unpaired) electrons. The van der Waals surface area contributed by atoms with Crippen LogP contribution in [0.3, 0.4) is 0 Å². The van der Waals surface area contributed by atoms with E-state index in [4.69, 9.17) is 0 Å². The van der Waals surface area contributed by atoms with E-state index in [9.17, 15) is 4.79 Å². The number of rotatable bonds is 3. The van der Waals surface area contributed by atoms with Gasteiger partial charge in [0.1, 0.15) is 18.2 Å². The summed E-state index contributed by atoms with van der Waals surface area (Å²) in [6, 6.07) is -0.261. The molecule has 3 rings (SSSR count). The number of thiophene rings is 1. The number of nitrogens with zero attached hydrogens (tertiary/aromatic N) is 3. The number of carbonyl (C=O) groups is 1. The normalized spacial score (nSPS) is 17.0. The molecule has 1 aliphatic heterocycles. The highest BCUT2D eigenvalue weighted by Gasteiger charge is 2.23. The Bertz CT molecular complexity index is 648. The summed E-state index contributed by atoms with van der Waals surface area (Å²) in [5.74, 6) is 0.922. The van der Waals surface area contributed by atoms with Crippen molar-refractivity contribution in [3.63, 3.8) is 0 Å². The van der Waals surface area contributed by atoms with Crippen LogP contribution in [0.1, 0.15) is 31.7 Å². The Labute approximate surface area is 128 Å². The van der Waals surface area contributed by atoms with Crippen molar-refractivity contribution in [2.24, 2.45) is 0 Å². The van der Waals surface area contributed by atoms with Crippen molar-refractivity contribution in [2.75, 3.05) is 18.4 Å². The predicted octanol–water partition coefficient (Wildman–Crippen LogP) is 2.81. The average molecular weight is 304 g/mol. The zero-order valence-electron chi connectivity index (χ0n) is 12.4. The zero-order valence-corrected chi connectivity index (χ0v) is 13.2. The van der Waals surface area contributed by atoms with Gasteiger partial charge in [0.25, 0.3) is 0 Å². The minimum absolute atomic E-state index is 0.162. The Hall–Kier alpha value is -1.69. The van der Waals surface area contributed by atoms with Crippen LogP contribution in [0.2, 0.25) is 0 Å². The molecular formula is C15H20N4OS. The first-order valence-electron chi connectivity index (χ1n) is 7.41. The van der Waals surface area contributed by atoms with Gasteiger partial charge in [0, 0.05) is 13.1 Å². The molecule has 2 aromatic heterocycles. The van der Waals surface area contributed by atoms with E-state index in [1.165, 1.54) is 6.42 Å². The van der Waals surface area contributed by atoms with Crippen molar-refractivity contribution in [3.05, 3.63) is 17.3 Å². The van der Waals surface area contributed by atoms with Crippen molar-refractivity contribution >= 4 is 33.3 Å². The molecule has 0 aliphatic carbocycles. The van der Waals surface area contributed by atoms with Crippen LogP contribution in [0.5, 0.6) is 0 Å². The van der Waals surface area contributed by atoms with Crippen molar-refractivity contribution in [1.82, 2.24) is 14.9 Å². The fourth-order valence-electron chi connectivity index (χ4n) is 2.73. The maximum atomic E-state index is 12.5. The Morgan fingerprint density at radius 1 is 1.33 bits per heavy atom. The first-order valence-corrected chi connectivity index (χ1v) is 8.29. The number of anilines is 1. The zero-order chi connectivity index (χ0) is 14.8. The molecule has 1 amide bonds. The topological polar surface area (TPSA) is 58.1 Å². The van der Waals surface area contributed by atoms with Gasteiger partial charge in [-0.2, -0.15) is 0 Å². The maximum absolute atomic E-state index is 12.5. The van der Waals surface area contributed by atoms with Gasteiger partial charge < -0.3 is 10.2 Å². The van der Waals surface area contributed by atoms with Gasteiger partial charge in [-0.15, -0.1) is 11.3 Å². The van der Waals surface area contributed by atoms with E-state index in [1.807, 2.05) is 18.7 Å². The fourth-order valence-corrected chi connectivity index (χ4v) is 3.68. The number of aromatic nitrogens is 2. The molecule has 6 heteroatoms. The highest BCUT2D eigenvalue weighted by Crippen LogP contribution is 2.28. The van der Waals surface area contributed by atoms with Gasteiger partial charge in [0.05, 0.1) is 10.2 Å². The monoisotopic (exact) mass is 304 g/mol. The first kappa shape index (κ1) is 14.3. The van der Waals surface area contributed by atoms with Crippen LogP contribution in [0.4, 0.5) is 5.82 Å². The van der Waals surface area contributed by atoms with Crippen LogP contribution >= 0.6 is 11.3 Å². The first-order chi connectivity index (χ1) is 10.2. The molecule has 1 atom stereocenters. The number of aryl methyl sites for hydroxylation is 1. The standard InChI is InChI=1S/C15H20N4OS/c1-10-8-21-13-12(10)16-9-17-14(13)18-11(2)15(20)19-6-4-3-5-7-19/h8-9,11H,3-7H2,1-2H3,(H,16,17,18). The third-order valence-electron chi connectivity index (χ3n) is 3.92. The summed E-state index contributed by atoms with van der Waals surface area (Å²) >= 11 is 1.62. The Balaban J connectivity index is 1.76. The summed E-state index contributed by atoms with van der Waals surface area (Å²) in [5.41, 5.74) is 2.12. The molecule has 1 unspecified atom stereocenters. The highest BCUT2D eigenvalue weighted by molar-refractivity contribution is 7.18. The minimum Gasteiger partial charge on any atom is -0.357 e. The number of carbonyl (C=O) groups excluding carboxylic acids is 1. The van der Waals surface area contributed by atoms with Crippen molar-refractivity contribution < 1.29 is 4.79 Å². The SMILES string of the molecule is Cc1csc2c(NC(C)C(=O)N3CCCCC3)ncnc12. The van der Waals surface area contributed by atoms with E-state index >= 15 is 0 Å². The maximum Gasteiger partial charge on any atom is 0.244 e. The van der Waals surface area contributed by atoms with Gasteiger partial charge in [0.2, 0.25) is 5.91 Å². The minimum atomic E-state index is -0.261. The Kier molecular flexibility index (Phi) is 4.05. The lowest BCUT2D eigenvalue weighted by Gasteiger charge is -2.29. The number of likely N-dealkylation sites (tertiary alicyclic amines) is 1. The molecule has 1 N–H and O–H groups in total. The van der Waals surface area contributed by atoms with Crippen LogP contribution < -0.4 is 5.32 Å². The van der Waals surface area contributed by atoms with Gasteiger partial charge >= 0.3 is 0 Å². The third-order valence-corrected chi connectivity index (χ3v) is 5.02. The summed E-state index contributed by atoms with van der Waals surface area (Å²) in [7, 11) is 0. The quantitative estimate of drug-likeness (QED) is 0.947. The number of hydrogen-bond donors (Lipinski definition) is 1. The van der Waals surface area contributed by atoms with Gasteiger partial charge in [-0.25, -0.2) is 9.97 Å². The predicted molar refractivity (Wildman–Crippen MR) is 85.7 cm³/mol. The molecule has 2 aromatic rings. The fraction of sp³-hybridized carbons (Fsp3) is 0.533. The van der Waals surface area contributed by atoms with Crippen LogP contribution in [-0.2, 0) is 4.79 Å². The van der Waals surface area contributed by atoms with Crippen molar-refractivity contribution in [1.29, 1.82) is 0 Å². The van der Waals surface area contributed by atoms with Crippen LogP contribution in [0.25, 0.3) is 10.2 Å². The smallest absolute Gasteiger partial charge is 0.244 e. The van der Waals surface area contributed by atoms with Crippen LogP contribution in [-0.4, -0.2) is 39.9 Å². The van der Waals surface area contributed by atoms with E-state index < -0.39 is 0 Å². The van der Waals surface area contributed by atoms with Crippen molar-refractivity contribution in [2.45, 2.75) is 39.2 Å². The third kappa shape index (κ3) is 2.85. The molecule has 5 nitrogen and oxygen atoms in total. The number of fused-ring (bicyclic) bond motifs is 1.